The lowest BCUT2D eigenvalue weighted by atomic mass is 10.1. The van der Waals surface area contributed by atoms with Gasteiger partial charge in [0.1, 0.15) is 6.61 Å². The van der Waals surface area contributed by atoms with Gasteiger partial charge in [-0.1, -0.05) is 13.3 Å². The predicted molar refractivity (Wildman–Crippen MR) is 66.7 cm³/mol. The monoisotopic (exact) mass is 235 g/mol. The van der Waals surface area contributed by atoms with Crippen LogP contribution in [-0.4, -0.2) is 23.6 Å². The van der Waals surface area contributed by atoms with E-state index in [1.165, 1.54) is 30.5 Å². The summed E-state index contributed by atoms with van der Waals surface area (Å²) in [6, 6.07) is 0.425. The summed E-state index contributed by atoms with van der Waals surface area (Å²) in [5.41, 5.74) is 2.49. The van der Waals surface area contributed by atoms with Gasteiger partial charge < -0.3 is 10.1 Å². The summed E-state index contributed by atoms with van der Waals surface area (Å²) >= 11 is 0. The van der Waals surface area contributed by atoms with E-state index >= 15 is 0 Å². The number of ether oxygens (including phenoxy) is 1. The lowest BCUT2D eigenvalue weighted by Crippen LogP contribution is -2.22. The summed E-state index contributed by atoms with van der Waals surface area (Å²) in [7, 11) is 1.68. The van der Waals surface area contributed by atoms with Crippen LogP contribution in [0.1, 0.15) is 49.3 Å². The Morgan fingerprint density at radius 3 is 3.12 bits per heavy atom. The highest BCUT2D eigenvalue weighted by atomic mass is 16.5. The van der Waals surface area contributed by atoms with Crippen LogP contribution in [0.2, 0.25) is 0 Å². The first-order valence-corrected chi connectivity index (χ1v) is 6.42. The van der Waals surface area contributed by atoms with Crippen molar-refractivity contribution >= 4 is 0 Å². The number of rotatable bonds is 4. The molecule has 1 aliphatic rings. The zero-order chi connectivity index (χ0) is 12.1. The molecule has 0 saturated heterocycles. The molecule has 2 rings (SSSR count). The smallest absolute Gasteiger partial charge is 0.154 e. The number of methoxy groups -OCH3 is 1. The first-order chi connectivity index (χ1) is 8.35. The van der Waals surface area contributed by atoms with Crippen molar-refractivity contribution in [3.05, 3.63) is 23.3 Å². The van der Waals surface area contributed by atoms with E-state index < -0.39 is 0 Å². The molecule has 1 N–H and O–H groups in total. The molecule has 94 valence electrons. The number of nitrogens with one attached hydrogen (secondary N) is 1. The number of aromatic nitrogens is 2. The minimum absolute atomic E-state index is 0.425. The standard InChI is InChI=1S/C13H21N3O/c1-3-14-11-6-4-5-7-12-10(11)8-15-13(16-12)9-17-2/h8,11,14H,3-7,9H2,1-2H3. The van der Waals surface area contributed by atoms with E-state index in [1.54, 1.807) is 7.11 Å². The zero-order valence-electron chi connectivity index (χ0n) is 10.7. The fourth-order valence-corrected chi connectivity index (χ4v) is 2.41. The van der Waals surface area contributed by atoms with Gasteiger partial charge in [-0.15, -0.1) is 0 Å². The van der Waals surface area contributed by atoms with Crippen molar-refractivity contribution < 1.29 is 4.74 Å². The normalized spacial score (nSPS) is 19.8. The SMILES string of the molecule is CCNC1CCCCc2nc(COC)ncc21. The molecule has 0 fully saturated rings. The van der Waals surface area contributed by atoms with Crippen molar-refractivity contribution in [2.24, 2.45) is 0 Å². The maximum Gasteiger partial charge on any atom is 0.154 e. The molecule has 0 saturated carbocycles. The second kappa shape index (κ2) is 6.07. The van der Waals surface area contributed by atoms with Crippen molar-refractivity contribution in [1.82, 2.24) is 15.3 Å². The van der Waals surface area contributed by atoms with Gasteiger partial charge in [-0.05, 0) is 25.8 Å². The Hall–Kier alpha value is -1.00. The molecule has 0 aromatic carbocycles. The molecule has 0 bridgehead atoms. The molecule has 1 aromatic rings. The van der Waals surface area contributed by atoms with Gasteiger partial charge >= 0.3 is 0 Å². The average molecular weight is 235 g/mol. The Bertz CT molecular complexity index is 368. The number of hydrogen-bond acceptors (Lipinski definition) is 4. The molecule has 4 heteroatoms. The highest BCUT2D eigenvalue weighted by molar-refractivity contribution is 5.23. The molecule has 1 atom stereocenters. The topological polar surface area (TPSA) is 47.0 Å². The molecular weight excluding hydrogens is 214 g/mol. The Morgan fingerprint density at radius 2 is 2.35 bits per heavy atom. The van der Waals surface area contributed by atoms with Crippen LogP contribution >= 0.6 is 0 Å². The quantitative estimate of drug-likeness (QED) is 0.811. The second-order valence-corrected chi connectivity index (χ2v) is 4.48. The minimum atomic E-state index is 0.425. The van der Waals surface area contributed by atoms with Crippen LogP contribution in [0.15, 0.2) is 6.20 Å². The number of nitrogens with zero attached hydrogens (tertiary/aromatic N) is 2. The Balaban J connectivity index is 2.25. The van der Waals surface area contributed by atoms with Gasteiger partial charge in [-0.25, -0.2) is 9.97 Å². The Labute approximate surface area is 103 Å². The van der Waals surface area contributed by atoms with Gasteiger partial charge in [0, 0.05) is 30.6 Å². The van der Waals surface area contributed by atoms with E-state index in [9.17, 15) is 0 Å². The molecule has 0 aliphatic heterocycles. The largest absolute Gasteiger partial charge is 0.377 e. The summed E-state index contributed by atoms with van der Waals surface area (Å²) in [5, 5.41) is 3.52. The third-order valence-electron chi connectivity index (χ3n) is 3.21. The lowest BCUT2D eigenvalue weighted by molar-refractivity contribution is 0.177. The van der Waals surface area contributed by atoms with E-state index in [-0.39, 0.29) is 0 Å². The number of aryl methyl sites for hydroxylation is 1. The summed E-state index contributed by atoms with van der Waals surface area (Å²) in [5.74, 6) is 0.795. The fraction of sp³-hybridized carbons (Fsp3) is 0.692. The van der Waals surface area contributed by atoms with Crippen LogP contribution in [0.5, 0.6) is 0 Å². The molecule has 1 aliphatic carbocycles. The highest BCUT2D eigenvalue weighted by Crippen LogP contribution is 2.26. The molecule has 17 heavy (non-hydrogen) atoms. The molecular formula is C13H21N3O. The van der Waals surface area contributed by atoms with Crippen LogP contribution in [0.4, 0.5) is 0 Å². The maximum atomic E-state index is 5.08. The third-order valence-corrected chi connectivity index (χ3v) is 3.21. The van der Waals surface area contributed by atoms with Gasteiger partial charge in [0.15, 0.2) is 5.82 Å². The first kappa shape index (κ1) is 12.5. The fourth-order valence-electron chi connectivity index (χ4n) is 2.41. The molecule has 4 nitrogen and oxygen atoms in total. The van der Waals surface area contributed by atoms with Crippen molar-refractivity contribution in [2.45, 2.75) is 45.3 Å². The second-order valence-electron chi connectivity index (χ2n) is 4.48. The highest BCUT2D eigenvalue weighted by Gasteiger charge is 2.19. The van der Waals surface area contributed by atoms with Crippen molar-refractivity contribution in [1.29, 1.82) is 0 Å². The predicted octanol–water partition coefficient (Wildman–Crippen LogP) is 2.00. The van der Waals surface area contributed by atoms with Crippen LogP contribution in [0.25, 0.3) is 0 Å². The minimum Gasteiger partial charge on any atom is -0.377 e. The Kier molecular flexibility index (Phi) is 4.45. The van der Waals surface area contributed by atoms with Crippen molar-refractivity contribution in [2.75, 3.05) is 13.7 Å². The summed E-state index contributed by atoms with van der Waals surface area (Å²) < 4.78 is 5.08. The lowest BCUT2D eigenvalue weighted by Gasteiger charge is -2.17. The molecule has 1 heterocycles. The molecule has 0 spiro atoms. The molecule has 0 amide bonds. The Morgan fingerprint density at radius 1 is 1.47 bits per heavy atom. The van der Waals surface area contributed by atoms with E-state index in [0.29, 0.717) is 12.6 Å². The molecule has 1 unspecified atom stereocenters. The maximum absolute atomic E-state index is 5.08. The van der Waals surface area contributed by atoms with Crippen molar-refractivity contribution in [3.8, 4) is 0 Å². The number of fused-ring (bicyclic) bond motifs is 1. The zero-order valence-corrected chi connectivity index (χ0v) is 10.7. The van der Waals surface area contributed by atoms with Crippen LogP contribution in [0, 0.1) is 0 Å². The van der Waals surface area contributed by atoms with Crippen LogP contribution in [0.3, 0.4) is 0 Å². The first-order valence-electron chi connectivity index (χ1n) is 6.42. The van der Waals surface area contributed by atoms with Gasteiger partial charge in [0.25, 0.3) is 0 Å². The van der Waals surface area contributed by atoms with E-state index in [0.717, 1.165) is 18.8 Å². The molecule has 1 aromatic heterocycles. The summed E-state index contributed by atoms with van der Waals surface area (Å²) in [6.07, 6.45) is 6.71. The van der Waals surface area contributed by atoms with Gasteiger partial charge in [-0.2, -0.15) is 0 Å². The van der Waals surface area contributed by atoms with Gasteiger partial charge in [-0.3, -0.25) is 0 Å². The number of hydrogen-bond donors (Lipinski definition) is 1. The average Bonchev–Trinajstić information content (AvgIpc) is 2.53. The van der Waals surface area contributed by atoms with E-state index in [4.69, 9.17) is 4.74 Å². The van der Waals surface area contributed by atoms with Gasteiger partial charge in [0.2, 0.25) is 0 Å². The van der Waals surface area contributed by atoms with E-state index in [1.807, 2.05) is 6.20 Å². The summed E-state index contributed by atoms with van der Waals surface area (Å²) in [6.45, 7) is 3.63. The van der Waals surface area contributed by atoms with Gasteiger partial charge in [0.05, 0.1) is 0 Å². The van der Waals surface area contributed by atoms with Crippen molar-refractivity contribution in [3.63, 3.8) is 0 Å². The van der Waals surface area contributed by atoms with Crippen LogP contribution < -0.4 is 5.32 Å². The van der Waals surface area contributed by atoms with E-state index in [2.05, 4.69) is 22.2 Å². The third kappa shape index (κ3) is 3.01. The summed E-state index contributed by atoms with van der Waals surface area (Å²) in [4.78, 5) is 9.00. The molecule has 0 radical (unpaired) electrons. The van der Waals surface area contributed by atoms with Crippen LogP contribution in [-0.2, 0) is 17.8 Å².